The molecule has 3 unspecified atom stereocenters. The first-order valence-corrected chi connectivity index (χ1v) is 11.9. The van der Waals surface area contributed by atoms with Crippen molar-refractivity contribution in [3.05, 3.63) is 36.0 Å². The van der Waals surface area contributed by atoms with Crippen LogP contribution in [0.3, 0.4) is 0 Å². The van der Waals surface area contributed by atoms with Crippen molar-refractivity contribution in [2.45, 2.75) is 56.7 Å². The number of carboxylic acids is 1. The molecule has 1 aliphatic heterocycles. The largest absolute Gasteiger partial charge is 0.480 e. The molecule has 8 N–H and O–H groups in total. The Labute approximate surface area is 203 Å². The number of likely N-dealkylation sites (tertiary alicyclic amines) is 1. The predicted octanol–water partition coefficient (Wildman–Crippen LogP) is -0.157. The number of carbonyl (C=O) groups is 4. The van der Waals surface area contributed by atoms with Gasteiger partial charge in [-0.3, -0.25) is 14.4 Å². The summed E-state index contributed by atoms with van der Waals surface area (Å²) in [5, 5.41) is 16.0. The van der Waals surface area contributed by atoms with E-state index in [1.165, 1.54) is 4.90 Å². The molecule has 0 spiro atoms. The van der Waals surface area contributed by atoms with Gasteiger partial charge in [0, 0.05) is 30.1 Å². The number of aromatic amines is 1. The summed E-state index contributed by atoms with van der Waals surface area (Å²) < 4.78 is 0. The number of para-hydroxylation sites is 1. The maximum atomic E-state index is 13.1. The van der Waals surface area contributed by atoms with E-state index in [2.05, 4.69) is 15.6 Å². The third-order valence-corrected chi connectivity index (χ3v) is 6.34. The maximum Gasteiger partial charge on any atom is 0.326 e. The Morgan fingerprint density at radius 2 is 1.89 bits per heavy atom. The number of hydrogen-bond donors (Lipinski definition) is 6. The van der Waals surface area contributed by atoms with Crippen LogP contribution in [-0.4, -0.2) is 76.4 Å². The second kappa shape index (κ2) is 12.3. The Hall–Kier alpha value is -3.44. The van der Waals surface area contributed by atoms with Gasteiger partial charge in [-0.05, 0) is 50.3 Å². The Balaban J connectivity index is 1.71. The van der Waals surface area contributed by atoms with Crippen LogP contribution in [0.25, 0.3) is 10.9 Å². The number of unbranched alkanes of at least 4 members (excludes halogenated alkanes) is 1. The highest BCUT2D eigenvalue weighted by atomic mass is 16.4. The smallest absolute Gasteiger partial charge is 0.326 e. The molecule has 1 aromatic carbocycles. The average molecular weight is 487 g/mol. The molecular formula is C24H34N6O5. The first-order chi connectivity index (χ1) is 16.8. The van der Waals surface area contributed by atoms with E-state index in [4.69, 9.17) is 11.5 Å². The van der Waals surface area contributed by atoms with Crippen molar-refractivity contribution >= 4 is 34.6 Å². The molecule has 1 aromatic heterocycles. The summed E-state index contributed by atoms with van der Waals surface area (Å²) in [6.07, 6.45) is 4.48. The van der Waals surface area contributed by atoms with Gasteiger partial charge in [0.05, 0.1) is 6.54 Å². The minimum absolute atomic E-state index is 0.0793. The fourth-order valence-electron chi connectivity index (χ4n) is 4.48. The molecule has 3 atom stereocenters. The number of nitrogens with zero attached hydrogens (tertiary/aromatic N) is 1. The zero-order valence-corrected chi connectivity index (χ0v) is 19.7. The number of aliphatic carboxylic acids is 1. The topological polar surface area (TPSA) is 184 Å². The van der Waals surface area contributed by atoms with Gasteiger partial charge in [0.25, 0.3) is 0 Å². The van der Waals surface area contributed by atoms with Gasteiger partial charge in [-0.2, -0.15) is 0 Å². The number of carboxylic acid groups (broad SMARTS) is 1. The van der Waals surface area contributed by atoms with Crippen LogP contribution < -0.4 is 22.1 Å². The van der Waals surface area contributed by atoms with Crippen molar-refractivity contribution < 1.29 is 24.3 Å². The normalized spacial score (nSPS) is 17.2. The van der Waals surface area contributed by atoms with Crippen molar-refractivity contribution in [3.63, 3.8) is 0 Å². The average Bonchev–Trinajstić information content (AvgIpc) is 3.50. The molecule has 190 valence electrons. The second-order valence-electron chi connectivity index (χ2n) is 8.76. The summed E-state index contributed by atoms with van der Waals surface area (Å²) >= 11 is 0. The van der Waals surface area contributed by atoms with Crippen LogP contribution in [0.4, 0.5) is 0 Å². The van der Waals surface area contributed by atoms with Crippen LogP contribution >= 0.6 is 0 Å². The number of rotatable bonds is 12. The van der Waals surface area contributed by atoms with Crippen molar-refractivity contribution in [3.8, 4) is 0 Å². The predicted molar refractivity (Wildman–Crippen MR) is 130 cm³/mol. The Bertz CT molecular complexity index is 1050. The van der Waals surface area contributed by atoms with Crippen molar-refractivity contribution in [1.29, 1.82) is 0 Å². The van der Waals surface area contributed by atoms with Gasteiger partial charge < -0.3 is 37.1 Å². The van der Waals surface area contributed by atoms with E-state index in [1.54, 1.807) is 6.20 Å². The molecular weight excluding hydrogens is 452 g/mol. The zero-order chi connectivity index (χ0) is 25.4. The standard InChI is InChI=1S/C24H34N6O5/c25-10-4-3-8-18(28-23(33)20-9-5-11-30(20)21(31)13-26)22(32)29-19(24(34)35)12-15-14-27-17-7-2-1-6-16(15)17/h1-2,6-7,14,18-20,27H,3-5,8-13,25-26H2,(H,28,33)(H,29,32)(H,34,35). The minimum Gasteiger partial charge on any atom is -0.480 e. The lowest BCUT2D eigenvalue weighted by Crippen LogP contribution is -2.56. The number of carbonyl (C=O) groups excluding carboxylic acids is 3. The highest BCUT2D eigenvalue weighted by molar-refractivity contribution is 5.94. The summed E-state index contributed by atoms with van der Waals surface area (Å²) in [4.78, 5) is 54.7. The van der Waals surface area contributed by atoms with Crippen LogP contribution in [0.1, 0.15) is 37.7 Å². The summed E-state index contributed by atoms with van der Waals surface area (Å²) in [5.74, 6) is -2.53. The third kappa shape index (κ3) is 6.58. The van der Waals surface area contributed by atoms with Gasteiger partial charge in [-0.1, -0.05) is 18.2 Å². The molecule has 0 bridgehead atoms. The lowest BCUT2D eigenvalue weighted by Gasteiger charge is -2.27. The highest BCUT2D eigenvalue weighted by Crippen LogP contribution is 2.20. The first kappa shape index (κ1) is 26.2. The van der Waals surface area contributed by atoms with Crippen LogP contribution in [0.5, 0.6) is 0 Å². The van der Waals surface area contributed by atoms with Crippen molar-refractivity contribution in [2.75, 3.05) is 19.6 Å². The fourth-order valence-corrected chi connectivity index (χ4v) is 4.48. The molecule has 2 heterocycles. The van der Waals surface area contributed by atoms with Gasteiger partial charge in [0.2, 0.25) is 17.7 Å². The minimum atomic E-state index is -1.18. The quantitative estimate of drug-likeness (QED) is 0.225. The highest BCUT2D eigenvalue weighted by Gasteiger charge is 2.35. The number of fused-ring (bicyclic) bond motifs is 1. The monoisotopic (exact) mass is 486 g/mol. The molecule has 3 amide bonds. The summed E-state index contributed by atoms with van der Waals surface area (Å²) in [6.45, 7) is 0.671. The molecule has 0 radical (unpaired) electrons. The Morgan fingerprint density at radius 1 is 1.11 bits per heavy atom. The van der Waals surface area contributed by atoms with E-state index in [-0.39, 0.29) is 18.9 Å². The maximum absolute atomic E-state index is 13.1. The van der Waals surface area contributed by atoms with Crippen molar-refractivity contribution in [1.82, 2.24) is 20.5 Å². The van der Waals surface area contributed by atoms with E-state index in [0.717, 1.165) is 16.5 Å². The van der Waals surface area contributed by atoms with E-state index in [9.17, 15) is 24.3 Å². The molecule has 0 saturated carbocycles. The number of amides is 3. The molecule has 0 aliphatic carbocycles. The molecule has 11 heteroatoms. The van der Waals surface area contributed by atoms with Crippen LogP contribution in [0.2, 0.25) is 0 Å². The van der Waals surface area contributed by atoms with E-state index < -0.39 is 35.9 Å². The van der Waals surface area contributed by atoms with Crippen LogP contribution in [0.15, 0.2) is 30.5 Å². The SMILES string of the molecule is NCCCCC(NC(=O)C1CCCN1C(=O)CN)C(=O)NC(Cc1c[nH]c2ccccc12)C(=O)O. The molecule has 2 aromatic rings. The first-order valence-electron chi connectivity index (χ1n) is 11.9. The molecule has 35 heavy (non-hydrogen) atoms. The molecule has 1 fully saturated rings. The molecule has 1 saturated heterocycles. The molecule has 11 nitrogen and oxygen atoms in total. The Morgan fingerprint density at radius 3 is 2.60 bits per heavy atom. The number of hydrogen-bond acceptors (Lipinski definition) is 6. The van der Waals surface area contributed by atoms with Gasteiger partial charge in [0.1, 0.15) is 18.1 Å². The van der Waals surface area contributed by atoms with Gasteiger partial charge in [0.15, 0.2) is 0 Å². The second-order valence-corrected chi connectivity index (χ2v) is 8.76. The number of benzene rings is 1. The number of H-pyrrole nitrogens is 1. The molecule has 1 aliphatic rings. The van der Waals surface area contributed by atoms with E-state index in [1.807, 2.05) is 24.3 Å². The number of aromatic nitrogens is 1. The third-order valence-electron chi connectivity index (χ3n) is 6.34. The fraction of sp³-hybridized carbons (Fsp3) is 0.500. The van der Waals surface area contributed by atoms with Crippen molar-refractivity contribution in [2.24, 2.45) is 11.5 Å². The summed E-state index contributed by atoms with van der Waals surface area (Å²) in [6, 6.07) is 4.68. The molecule has 3 rings (SSSR count). The zero-order valence-electron chi connectivity index (χ0n) is 19.7. The van der Waals surface area contributed by atoms with Crippen LogP contribution in [0, 0.1) is 0 Å². The van der Waals surface area contributed by atoms with E-state index in [0.29, 0.717) is 45.2 Å². The van der Waals surface area contributed by atoms with Gasteiger partial charge in [-0.15, -0.1) is 0 Å². The summed E-state index contributed by atoms with van der Waals surface area (Å²) in [5.41, 5.74) is 12.7. The van der Waals surface area contributed by atoms with Gasteiger partial charge >= 0.3 is 5.97 Å². The van der Waals surface area contributed by atoms with E-state index >= 15 is 0 Å². The summed E-state index contributed by atoms with van der Waals surface area (Å²) in [7, 11) is 0. The Kier molecular flexibility index (Phi) is 9.21. The lowest BCUT2D eigenvalue weighted by atomic mass is 10.0. The van der Waals surface area contributed by atoms with Crippen LogP contribution in [-0.2, 0) is 25.6 Å². The number of nitrogens with two attached hydrogens (primary N) is 2. The lowest BCUT2D eigenvalue weighted by molar-refractivity contribution is -0.142. The number of nitrogens with one attached hydrogen (secondary N) is 3. The van der Waals surface area contributed by atoms with Gasteiger partial charge in [-0.25, -0.2) is 4.79 Å².